The van der Waals surface area contributed by atoms with E-state index in [-0.39, 0.29) is 0 Å². The number of aromatic amines is 2. The van der Waals surface area contributed by atoms with Crippen LogP contribution < -0.4 is 0 Å². The molecule has 6 nitrogen and oxygen atoms in total. The number of nitrogens with one attached hydrogen (secondary N) is 2. The van der Waals surface area contributed by atoms with Crippen molar-refractivity contribution in [3.8, 4) is 22.3 Å². The number of hydrogen-bond donors (Lipinski definition) is 2. The van der Waals surface area contributed by atoms with Crippen molar-refractivity contribution in [1.82, 2.24) is 29.9 Å². The Morgan fingerprint density at radius 1 is 0.452 bits per heavy atom. The van der Waals surface area contributed by atoms with Crippen molar-refractivity contribution in [2.24, 2.45) is 0 Å². The highest BCUT2D eigenvalue weighted by Gasteiger charge is 2.21. The van der Waals surface area contributed by atoms with Crippen LogP contribution in [0.2, 0.25) is 0 Å². The number of hydrogen-bond acceptors (Lipinski definition) is 4. The monoisotopic (exact) mass is 552 g/mol. The normalized spacial score (nSPS) is 13.1. The molecule has 2 aliphatic rings. The maximum Gasteiger partial charge on any atom is 0.132 e. The molecule has 0 saturated carbocycles. The second kappa shape index (κ2) is 10.1. The molecule has 0 atom stereocenters. The van der Waals surface area contributed by atoms with Gasteiger partial charge in [-0.15, -0.1) is 0 Å². The standard InChI is InChI=1S/C36H36N6/c1-19-15-21(3)33(22(4)16-19)35-25-7-11-29(37-25)41-31-13-9-27(39-31)36(34-23(5)17-20(2)18-24(34)6)28-10-14-32(40-28)42-30-12-8-26(35)38-30/h7,10-11,14-18H,8-9,12-13H2,1-6H3,(H,37,39,41)(H,38,40,42). The summed E-state index contributed by atoms with van der Waals surface area (Å²) in [6, 6.07) is 17.4. The summed E-state index contributed by atoms with van der Waals surface area (Å²) >= 11 is 0. The molecule has 42 heavy (non-hydrogen) atoms. The smallest absolute Gasteiger partial charge is 0.132 e. The van der Waals surface area contributed by atoms with Gasteiger partial charge in [0.2, 0.25) is 0 Å². The first-order valence-corrected chi connectivity index (χ1v) is 14.8. The minimum absolute atomic E-state index is 0.798. The summed E-state index contributed by atoms with van der Waals surface area (Å²) in [5.74, 6) is 1.69. The predicted molar refractivity (Wildman–Crippen MR) is 171 cm³/mol. The fourth-order valence-electron chi connectivity index (χ4n) is 7.00. The highest BCUT2D eigenvalue weighted by Crippen LogP contribution is 2.36. The van der Waals surface area contributed by atoms with Gasteiger partial charge in [-0.3, -0.25) is 0 Å². The van der Waals surface area contributed by atoms with Crippen LogP contribution in [-0.2, 0) is 25.7 Å². The molecule has 210 valence electrons. The zero-order chi connectivity index (χ0) is 29.1. The summed E-state index contributed by atoms with van der Waals surface area (Å²) < 4.78 is 0. The SMILES string of the molecule is Cc1cc(C)c(-c2c3nc(nc4ccc([nH]4)c(-c4c(C)cc(C)cc4C)c4nc(nc5ccc2[nH]5)CC4)CC3)c(C)c1. The molecule has 8 bridgehead atoms. The number of benzene rings is 2. The summed E-state index contributed by atoms with van der Waals surface area (Å²) in [6.07, 6.45) is 3.27. The van der Waals surface area contributed by atoms with Crippen molar-refractivity contribution in [2.45, 2.75) is 67.2 Å². The van der Waals surface area contributed by atoms with Gasteiger partial charge in [-0.25, -0.2) is 19.9 Å². The average Bonchev–Trinajstić information content (AvgIpc) is 3.73. The summed E-state index contributed by atoms with van der Waals surface area (Å²) in [5, 5.41) is 0. The van der Waals surface area contributed by atoms with Gasteiger partial charge in [0.1, 0.15) is 22.9 Å². The van der Waals surface area contributed by atoms with E-state index >= 15 is 0 Å². The predicted octanol–water partition coefficient (Wildman–Crippen LogP) is 7.86. The Labute approximate surface area is 246 Å². The lowest BCUT2D eigenvalue weighted by molar-refractivity contribution is 0.975. The van der Waals surface area contributed by atoms with Crippen LogP contribution in [-0.4, -0.2) is 29.9 Å². The first-order chi connectivity index (χ1) is 20.2. The Balaban J connectivity index is 1.57. The molecule has 0 radical (unpaired) electrons. The minimum Gasteiger partial charge on any atom is -0.340 e. The third-order valence-corrected chi connectivity index (χ3v) is 8.51. The number of fused-ring (bicyclic) bond motifs is 8. The van der Waals surface area contributed by atoms with Crippen molar-refractivity contribution in [3.05, 3.63) is 105 Å². The van der Waals surface area contributed by atoms with Crippen LogP contribution in [0, 0.1) is 41.5 Å². The Bertz CT molecular complexity index is 1860. The van der Waals surface area contributed by atoms with Gasteiger partial charge in [-0.2, -0.15) is 0 Å². The van der Waals surface area contributed by atoms with Crippen LogP contribution in [0.25, 0.3) is 44.6 Å². The van der Waals surface area contributed by atoms with Gasteiger partial charge in [-0.05, 0) is 112 Å². The van der Waals surface area contributed by atoms with Gasteiger partial charge >= 0.3 is 0 Å². The molecular weight excluding hydrogens is 516 g/mol. The fraction of sp³-hybridized carbons (Fsp3) is 0.278. The van der Waals surface area contributed by atoms with Gasteiger partial charge in [0.25, 0.3) is 0 Å². The molecule has 5 heterocycles. The van der Waals surface area contributed by atoms with E-state index in [2.05, 4.69) is 100 Å². The largest absolute Gasteiger partial charge is 0.340 e. The number of H-pyrrole nitrogens is 2. The van der Waals surface area contributed by atoms with Crippen LogP contribution in [0.3, 0.4) is 0 Å². The number of rotatable bonds is 2. The lowest BCUT2D eigenvalue weighted by Crippen LogP contribution is -1.95. The van der Waals surface area contributed by atoms with Gasteiger partial charge in [-0.1, -0.05) is 35.4 Å². The lowest BCUT2D eigenvalue weighted by Gasteiger charge is -2.13. The molecule has 0 amide bonds. The average molecular weight is 553 g/mol. The molecule has 0 unspecified atom stereocenters. The molecule has 3 aromatic heterocycles. The molecule has 5 aromatic rings. The Morgan fingerprint density at radius 2 is 0.833 bits per heavy atom. The molecule has 6 heteroatoms. The van der Waals surface area contributed by atoms with Gasteiger partial charge < -0.3 is 9.97 Å². The molecule has 0 fully saturated rings. The van der Waals surface area contributed by atoms with E-state index in [1.807, 2.05) is 0 Å². The quantitative estimate of drug-likeness (QED) is 0.234. The zero-order valence-corrected chi connectivity index (χ0v) is 25.2. The van der Waals surface area contributed by atoms with E-state index in [1.165, 1.54) is 44.5 Å². The van der Waals surface area contributed by atoms with Crippen LogP contribution >= 0.6 is 0 Å². The third-order valence-electron chi connectivity index (χ3n) is 8.51. The first kappa shape index (κ1) is 26.3. The van der Waals surface area contributed by atoms with E-state index in [0.29, 0.717) is 0 Å². The summed E-state index contributed by atoms with van der Waals surface area (Å²) in [6.45, 7) is 13.1. The number of aryl methyl sites for hydroxylation is 10. The highest BCUT2D eigenvalue weighted by atomic mass is 15.0. The van der Waals surface area contributed by atoms with Gasteiger partial charge in [0.15, 0.2) is 0 Å². The van der Waals surface area contributed by atoms with E-state index in [0.717, 1.165) is 82.2 Å². The molecule has 2 aliphatic heterocycles. The Morgan fingerprint density at radius 3 is 1.21 bits per heavy atom. The molecule has 7 rings (SSSR count). The van der Waals surface area contributed by atoms with Crippen LogP contribution in [0.4, 0.5) is 0 Å². The van der Waals surface area contributed by atoms with Crippen molar-refractivity contribution >= 4 is 22.3 Å². The van der Waals surface area contributed by atoms with Crippen LogP contribution in [0.5, 0.6) is 0 Å². The summed E-state index contributed by atoms with van der Waals surface area (Å²) in [5.41, 5.74) is 18.1. The molecule has 0 aliphatic carbocycles. The third kappa shape index (κ3) is 4.61. The van der Waals surface area contributed by atoms with Crippen LogP contribution in [0.1, 0.15) is 56.4 Å². The second-order valence-electron chi connectivity index (χ2n) is 12.0. The fourth-order valence-corrected chi connectivity index (χ4v) is 7.00. The maximum atomic E-state index is 5.13. The Hall–Kier alpha value is -4.58. The first-order valence-electron chi connectivity index (χ1n) is 14.8. The molecule has 2 N–H and O–H groups in total. The van der Waals surface area contributed by atoms with Gasteiger partial charge in [0, 0.05) is 35.0 Å². The number of nitrogens with zero attached hydrogens (tertiary/aromatic N) is 4. The van der Waals surface area contributed by atoms with Crippen LogP contribution in [0.15, 0.2) is 48.5 Å². The zero-order valence-electron chi connectivity index (χ0n) is 25.2. The topological polar surface area (TPSA) is 83.1 Å². The van der Waals surface area contributed by atoms with E-state index < -0.39 is 0 Å². The molecule has 0 saturated heterocycles. The van der Waals surface area contributed by atoms with Crippen molar-refractivity contribution < 1.29 is 0 Å². The van der Waals surface area contributed by atoms with E-state index in [4.69, 9.17) is 19.9 Å². The minimum atomic E-state index is 0.798. The van der Waals surface area contributed by atoms with Gasteiger partial charge in [0.05, 0.1) is 11.4 Å². The summed E-state index contributed by atoms with van der Waals surface area (Å²) in [4.78, 5) is 27.5. The Kier molecular flexibility index (Phi) is 6.30. The molecule has 2 aromatic carbocycles. The van der Waals surface area contributed by atoms with Crippen molar-refractivity contribution in [2.75, 3.05) is 0 Å². The second-order valence-corrected chi connectivity index (χ2v) is 12.0. The lowest BCUT2D eigenvalue weighted by atomic mass is 9.92. The van der Waals surface area contributed by atoms with E-state index in [1.54, 1.807) is 0 Å². The maximum absolute atomic E-state index is 5.13. The van der Waals surface area contributed by atoms with E-state index in [9.17, 15) is 0 Å². The van der Waals surface area contributed by atoms with Crippen molar-refractivity contribution in [3.63, 3.8) is 0 Å². The molecule has 0 spiro atoms. The number of aromatic nitrogens is 6. The highest BCUT2D eigenvalue weighted by molar-refractivity contribution is 5.88. The van der Waals surface area contributed by atoms with Crippen molar-refractivity contribution in [1.29, 1.82) is 0 Å². The molecular formula is C36H36N6. The summed E-state index contributed by atoms with van der Waals surface area (Å²) in [7, 11) is 0.